The zero-order valence-electron chi connectivity index (χ0n) is 14.4. The smallest absolute Gasteiger partial charge is 0.0621 e. The molecule has 0 saturated heterocycles. The van der Waals surface area contributed by atoms with E-state index in [0.29, 0.717) is 6.42 Å². The van der Waals surface area contributed by atoms with E-state index in [2.05, 4.69) is 63.3 Å². The molecular formula is C21H29N. The first-order chi connectivity index (χ1) is 10.6. The lowest BCUT2D eigenvalue weighted by Gasteiger charge is -2.03. The van der Waals surface area contributed by atoms with Gasteiger partial charge in [0.15, 0.2) is 0 Å². The van der Waals surface area contributed by atoms with Crippen LogP contribution in [-0.4, -0.2) is 0 Å². The van der Waals surface area contributed by atoms with E-state index in [-0.39, 0.29) is 0 Å². The first-order valence-electron chi connectivity index (χ1n) is 8.35. The Labute approximate surface area is 136 Å². The summed E-state index contributed by atoms with van der Waals surface area (Å²) in [6, 6.07) is 11.0. The Kier molecular flexibility index (Phi) is 9.00. The van der Waals surface area contributed by atoms with Gasteiger partial charge in [0.25, 0.3) is 0 Å². The highest BCUT2D eigenvalue weighted by molar-refractivity contribution is 5.22. The molecule has 118 valence electrons. The standard InChI is InChI=1S/C21H29N/c1-18(9-4-5-16-22)10-6-11-19(2)12-7-14-21-15-8-13-20(3)17-21/h8,10,12-13,15,17H,4-7,9,11,14H2,1-3H3. The van der Waals surface area contributed by atoms with E-state index in [9.17, 15) is 0 Å². The Morgan fingerprint density at radius 3 is 2.55 bits per heavy atom. The number of benzene rings is 1. The van der Waals surface area contributed by atoms with Crippen molar-refractivity contribution in [3.05, 3.63) is 58.7 Å². The lowest BCUT2D eigenvalue weighted by Crippen LogP contribution is -1.86. The topological polar surface area (TPSA) is 23.8 Å². The molecule has 1 heteroatoms. The average molecular weight is 295 g/mol. The van der Waals surface area contributed by atoms with Crippen LogP contribution in [0.1, 0.15) is 63.5 Å². The summed E-state index contributed by atoms with van der Waals surface area (Å²) in [5, 5.41) is 8.53. The third-order valence-electron chi connectivity index (χ3n) is 3.90. The molecule has 0 spiro atoms. The van der Waals surface area contributed by atoms with Gasteiger partial charge in [0.2, 0.25) is 0 Å². The summed E-state index contributed by atoms with van der Waals surface area (Å²) in [5.74, 6) is 0. The van der Waals surface area contributed by atoms with Crippen LogP contribution < -0.4 is 0 Å². The van der Waals surface area contributed by atoms with E-state index in [1.165, 1.54) is 22.3 Å². The Balaban J connectivity index is 2.25. The Hall–Kier alpha value is -1.81. The summed E-state index contributed by atoms with van der Waals surface area (Å²) in [5.41, 5.74) is 5.67. The van der Waals surface area contributed by atoms with Crippen LogP contribution in [0.3, 0.4) is 0 Å². The molecule has 0 heterocycles. The number of rotatable bonds is 9. The van der Waals surface area contributed by atoms with Gasteiger partial charge in [0.1, 0.15) is 0 Å². The third-order valence-corrected chi connectivity index (χ3v) is 3.90. The van der Waals surface area contributed by atoms with E-state index < -0.39 is 0 Å². The minimum atomic E-state index is 0.670. The van der Waals surface area contributed by atoms with E-state index >= 15 is 0 Å². The van der Waals surface area contributed by atoms with Gasteiger partial charge in [-0.3, -0.25) is 0 Å². The molecule has 0 aromatic heterocycles. The lowest BCUT2D eigenvalue weighted by molar-refractivity contribution is 0.827. The molecule has 0 unspecified atom stereocenters. The van der Waals surface area contributed by atoms with Crippen molar-refractivity contribution in [1.82, 2.24) is 0 Å². The van der Waals surface area contributed by atoms with Crippen LogP contribution in [-0.2, 0) is 6.42 Å². The van der Waals surface area contributed by atoms with Crippen LogP contribution in [0.15, 0.2) is 47.6 Å². The Bertz CT molecular complexity index is 543. The summed E-state index contributed by atoms with van der Waals surface area (Å²) in [6.07, 6.45) is 11.9. The average Bonchev–Trinajstić information content (AvgIpc) is 2.47. The van der Waals surface area contributed by atoms with Gasteiger partial charge < -0.3 is 0 Å². The number of hydrogen-bond acceptors (Lipinski definition) is 1. The molecule has 22 heavy (non-hydrogen) atoms. The highest BCUT2D eigenvalue weighted by Gasteiger charge is 1.95. The predicted octanol–water partition coefficient (Wildman–Crippen LogP) is 6.29. The molecule has 0 bridgehead atoms. The first kappa shape index (κ1) is 18.2. The minimum absolute atomic E-state index is 0.670. The molecule has 1 aromatic rings. The number of aryl methyl sites for hydroxylation is 2. The zero-order chi connectivity index (χ0) is 16.2. The van der Waals surface area contributed by atoms with Gasteiger partial charge in [-0.2, -0.15) is 5.26 Å². The van der Waals surface area contributed by atoms with Crippen molar-refractivity contribution < 1.29 is 0 Å². The molecule has 0 fully saturated rings. The largest absolute Gasteiger partial charge is 0.198 e. The van der Waals surface area contributed by atoms with Gasteiger partial charge in [-0.15, -0.1) is 0 Å². The molecule has 0 atom stereocenters. The van der Waals surface area contributed by atoms with Gasteiger partial charge in [-0.1, -0.05) is 53.1 Å². The molecule has 0 aliphatic heterocycles. The fourth-order valence-corrected chi connectivity index (χ4v) is 2.55. The number of allylic oxidation sites excluding steroid dienone is 4. The summed E-state index contributed by atoms with van der Waals surface area (Å²) < 4.78 is 0. The summed E-state index contributed by atoms with van der Waals surface area (Å²) >= 11 is 0. The van der Waals surface area contributed by atoms with Crippen molar-refractivity contribution in [2.24, 2.45) is 0 Å². The molecule has 0 aliphatic carbocycles. The Morgan fingerprint density at radius 2 is 1.82 bits per heavy atom. The zero-order valence-corrected chi connectivity index (χ0v) is 14.4. The van der Waals surface area contributed by atoms with Crippen LogP contribution >= 0.6 is 0 Å². The van der Waals surface area contributed by atoms with E-state index in [4.69, 9.17) is 5.26 Å². The quantitative estimate of drug-likeness (QED) is 0.387. The maximum Gasteiger partial charge on any atom is 0.0621 e. The number of nitrogens with zero attached hydrogens (tertiary/aromatic N) is 1. The number of hydrogen-bond donors (Lipinski definition) is 0. The van der Waals surface area contributed by atoms with E-state index in [0.717, 1.165) is 38.5 Å². The van der Waals surface area contributed by atoms with Crippen molar-refractivity contribution >= 4 is 0 Å². The third kappa shape index (κ3) is 8.47. The maximum atomic E-state index is 8.53. The second kappa shape index (κ2) is 10.9. The molecule has 0 aliphatic rings. The molecule has 0 N–H and O–H groups in total. The molecule has 1 rings (SSSR count). The molecule has 0 amide bonds. The SMILES string of the molecule is CC(=CCCc1cccc(C)c1)CCC=C(C)CCCC#N. The minimum Gasteiger partial charge on any atom is -0.198 e. The van der Waals surface area contributed by atoms with Crippen molar-refractivity contribution in [3.8, 4) is 6.07 Å². The number of unbranched alkanes of at least 4 members (excludes halogenated alkanes) is 1. The summed E-state index contributed by atoms with van der Waals surface area (Å²) in [4.78, 5) is 0. The maximum absolute atomic E-state index is 8.53. The summed E-state index contributed by atoms with van der Waals surface area (Å²) in [7, 11) is 0. The Morgan fingerprint density at radius 1 is 1.09 bits per heavy atom. The molecule has 0 saturated carbocycles. The second-order valence-electron chi connectivity index (χ2n) is 6.18. The van der Waals surface area contributed by atoms with Crippen LogP contribution in [0.2, 0.25) is 0 Å². The van der Waals surface area contributed by atoms with Gasteiger partial charge >= 0.3 is 0 Å². The fraction of sp³-hybridized carbons (Fsp3) is 0.476. The van der Waals surface area contributed by atoms with Crippen LogP contribution in [0.5, 0.6) is 0 Å². The predicted molar refractivity (Wildman–Crippen MR) is 95.7 cm³/mol. The van der Waals surface area contributed by atoms with E-state index in [1.54, 1.807) is 0 Å². The van der Waals surface area contributed by atoms with Gasteiger partial charge in [-0.25, -0.2) is 0 Å². The fourth-order valence-electron chi connectivity index (χ4n) is 2.55. The first-order valence-corrected chi connectivity index (χ1v) is 8.35. The van der Waals surface area contributed by atoms with Crippen molar-refractivity contribution in [2.45, 2.75) is 65.7 Å². The normalized spacial score (nSPS) is 12.3. The molecule has 0 radical (unpaired) electrons. The highest BCUT2D eigenvalue weighted by Crippen LogP contribution is 2.13. The second-order valence-corrected chi connectivity index (χ2v) is 6.18. The number of nitriles is 1. The summed E-state index contributed by atoms with van der Waals surface area (Å²) in [6.45, 7) is 6.55. The van der Waals surface area contributed by atoms with Crippen LogP contribution in [0.4, 0.5) is 0 Å². The van der Waals surface area contributed by atoms with Crippen molar-refractivity contribution in [3.63, 3.8) is 0 Å². The van der Waals surface area contributed by atoms with Crippen molar-refractivity contribution in [1.29, 1.82) is 5.26 Å². The monoisotopic (exact) mass is 295 g/mol. The molecular weight excluding hydrogens is 266 g/mol. The van der Waals surface area contributed by atoms with Gasteiger partial charge in [-0.05, 0) is 64.9 Å². The lowest BCUT2D eigenvalue weighted by atomic mass is 10.0. The van der Waals surface area contributed by atoms with Gasteiger partial charge in [0, 0.05) is 6.42 Å². The van der Waals surface area contributed by atoms with Gasteiger partial charge in [0.05, 0.1) is 6.07 Å². The van der Waals surface area contributed by atoms with Crippen LogP contribution in [0, 0.1) is 18.3 Å². The molecule has 1 aromatic carbocycles. The van der Waals surface area contributed by atoms with E-state index in [1.807, 2.05) is 0 Å². The van der Waals surface area contributed by atoms with Crippen molar-refractivity contribution in [2.75, 3.05) is 0 Å². The highest BCUT2D eigenvalue weighted by atomic mass is 14.2. The van der Waals surface area contributed by atoms with Crippen LogP contribution in [0.25, 0.3) is 0 Å². The molecule has 1 nitrogen and oxygen atoms in total.